The van der Waals surface area contributed by atoms with Crippen LogP contribution in [0.5, 0.6) is 0 Å². The third-order valence-corrected chi connectivity index (χ3v) is 4.10. The molecule has 1 saturated heterocycles. The lowest BCUT2D eigenvalue weighted by Gasteiger charge is -2.14. The molecule has 0 spiro atoms. The number of nitrogens with zero attached hydrogens (tertiary/aromatic N) is 2. The lowest BCUT2D eigenvalue weighted by molar-refractivity contribution is -0.116. The molecule has 1 aromatic heterocycles. The average molecular weight is 303 g/mol. The molecule has 0 bridgehead atoms. The van der Waals surface area contributed by atoms with Gasteiger partial charge in [0, 0.05) is 17.8 Å². The van der Waals surface area contributed by atoms with E-state index >= 15 is 0 Å². The summed E-state index contributed by atoms with van der Waals surface area (Å²) < 4.78 is 4.15. The van der Waals surface area contributed by atoms with E-state index in [1.54, 1.807) is 11.8 Å². The van der Waals surface area contributed by atoms with E-state index in [4.69, 9.17) is 0 Å². The molecule has 6 heteroatoms. The molecule has 2 rings (SSSR count). The summed E-state index contributed by atoms with van der Waals surface area (Å²) >= 11 is 4.64. The molecule has 1 amide bonds. The Labute approximate surface area is 106 Å². The molecule has 4 nitrogen and oxygen atoms in total. The van der Waals surface area contributed by atoms with E-state index in [-0.39, 0.29) is 16.5 Å². The minimum atomic E-state index is -0.0351. The van der Waals surface area contributed by atoms with E-state index in [0.29, 0.717) is 29.2 Å². The van der Waals surface area contributed by atoms with Crippen LogP contribution < -0.4 is 4.90 Å². The highest BCUT2D eigenvalue weighted by Gasteiger charge is 2.32. The van der Waals surface area contributed by atoms with E-state index in [9.17, 15) is 9.59 Å². The summed E-state index contributed by atoms with van der Waals surface area (Å²) in [4.78, 5) is 25.1. The highest BCUT2D eigenvalue weighted by Crippen LogP contribution is 2.33. The molecule has 1 aliphatic heterocycles. The molecular formula is C10H11BrN2O2S. The topological polar surface area (TPSA) is 50.3 Å². The molecule has 0 aliphatic carbocycles. The summed E-state index contributed by atoms with van der Waals surface area (Å²) in [6, 6.07) is 0. The monoisotopic (exact) mass is 302 g/mol. The zero-order valence-corrected chi connectivity index (χ0v) is 11.4. The molecule has 16 heavy (non-hydrogen) atoms. The molecule has 86 valence electrons. The summed E-state index contributed by atoms with van der Waals surface area (Å²) in [7, 11) is 0. The second kappa shape index (κ2) is 4.25. The molecule has 1 fully saturated rings. The largest absolute Gasteiger partial charge is 0.301 e. The first-order chi connectivity index (χ1) is 7.50. The lowest BCUT2D eigenvalue weighted by Crippen LogP contribution is -2.25. The average Bonchev–Trinajstić information content (AvgIpc) is 2.69. The molecule has 0 saturated carbocycles. The molecule has 0 aromatic carbocycles. The molecule has 0 radical (unpaired) electrons. The third-order valence-electron chi connectivity index (χ3n) is 2.52. The first kappa shape index (κ1) is 11.7. The highest BCUT2D eigenvalue weighted by molar-refractivity contribution is 9.09. The van der Waals surface area contributed by atoms with Gasteiger partial charge in [-0.1, -0.05) is 15.9 Å². The molecular weight excluding hydrogens is 292 g/mol. The predicted octanol–water partition coefficient (Wildman–Crippen LogP) is 2.15. The van der Waals surface area contributed by atoms with Crippen LogP contribution in [0.2, 0.25) is 0 Å². The number of carbonyl (C=O) groups excluding carboxylic acids is 2. The molecule has 1 atom stereocenters. The van der Waals surface area contributed by atoms with E-state index in [1.807, 2.05) is 0 Å². The Kier molecular flexibility index (Phi) is 3.12. The summed E-state index contributed by atoms with van der Waals surface area (Å²) in [5.41, 5.74) is 1.29. The summed E-state index contributed by atoms with van der Waals surface area (Å²) in [6.45, 7) is 3.91. The number of aromatic nitrogens is 1. The first-order valence-corrected chi connectivity index (χ1v) is 6.61. The van der Waals surface area contributed by atoms with Crippen LogP contribution in [0, 0.1) is 6.92 Å². The normalized spacial score (nSPS) is 20.6. The number of Topliss-reactive ketones (excluding diaryl/α,β-unsaturated/α-hetero) is 1. The van der Waals surface area contributed by atoms with Crippen LogP contribution in [0.25, 0.3) is 0 Å². The minimum Gasteiger partial charge on any atom is -0.301 e. The predicted molar refractivity (Wildman–Crippen MR) is 66.5 cm³/mol. The number of halogens is 1. The van der Waals surface area contributed by atoms with Crippen LogP contribution >= 0.6 is 27.5 Å². The van der Waals surface area contributed by atoms with Crippen LogP contribution in [0.1, 0.15) is 29.4 Å². The van der Waals surface area contributed by atoms with Gasteiger partial charge in [-0.25, -0.2) is 0 Å². The van der Waals surface area contributed by atoms with Crippen molar-refractivity contribution in [1.82, 2.24) is 4.37 Å². The Balaban J connectivity index is 2.41. The fourth-order valence-electron chi connectivity index (χ4n) is 1.81. The smallest absolute Gasteiger partial charge is 0.228 e. The first-order valence-electron chi connectivity index (χ1n) is 4.92. The van der Waals surface area contributed by atoms with Crippen LogP contribution in [0.15, 0.2) is 0 Å². The highest BCUT2D eigenvalue weighted by atomic mass is 79.9. The van der Waals surface area contributed by atoms with Crippen LogP contribution in [0.4, 0.5) is 5.00 Å². The van der Waals surface area contributed by atoms with Crippen molar-refractivity contribution in [2.75, 3.05) is 11.4 Å². The van der Waals surface area contributed by atoms with Gasteiger partial charge < -0.3 is 4.90 Å². The second-order valence-electron chi connectivity index (χ2n) is 3.81. The maximum Gasteiger partial charge on any atom is 0.228 e. The van der Waals surface area contributed by atoms with Gasteiger partial charge in [0.05, 0.1) is 11.3 Å². The van der Waals surface area contributed by atoms with Gasteiger partial charge in [0.25, 0.3) is 0 Å². The number of hydrogen-bond acceptors (Lipinski definition) is 4. The van der Waals surface area contributed by atoms with Crippen molar-refractivity contribution in [3.8, 4) is 0 Å². The van der Waals surface area contributed by atoms with Crippen LogP contribution in [-0.4, -0.2) is 27.4 Å². The van der Waals surface area contributed by atoms with Gasteiger partial charge in [0.2, 0.25) is 5.91 Å². The summed E-state index contributed by atoms with van der Waals surface area (Å²) in [5.74, 6) is 0.0140. The van der Waals surface area contributed by atoms with Gasteiger partial charge in [-0.3, -0.25) is 9.59 Å². The Bertz CT molecular complexity index is 458. The maximum absolute atomic E-state index is 11.7. The Morgan fingerprint density at radius 1 is 1.62 bits per heavy atom. The van der Waals surface area contributed by atoms with Gasteiger partial charge in [-0.05, 0) is 25.4 Å². The van der Waals surface area contributed by atoms with E-state index in [0.717, 1.165) is 0 Å². The number of ketones is 1. The van der Waals surface area contributed by atoms with E-state index in [1.165, 1.54) is 18.5 Å². The number of rotatable bonds is 2. The Hall–Kier alpha value is -0.750. The zero-order valence-electron chi connectivity index (χ0n) is 8.99. The van der Waals surface area contributed by atoms with Gasteiger partial charge in [-0.2, -0.15) is 4.37 Å². The zero-order chi connectivity index (χ0) is 11.9. The summed E-state index contributed by atoms with van der Waals surface area (Å²) in [5, 5.41) is 0.692. The fraction of sp³-hybridized carbons (Fsp3) is 0.500. The Morgan fingerprint density at radius 3 is 2.81 bits per heavy atom. The van der Waals surface area contributed by atoms with E-state index < -0.39 is 0 Å². The lowest BCUT2D eigenvalue weighted by atomic mass is 10.2. The third kappa shape index (κ3) is 1.91. The van der Waals surface area contributed by atoms with Gasteiger partial charge in [0.15, 0.2) is 5.78 Å². The molecule has 2 heterocycles. The second-order valence-corrected chi connectivity index (χ2v) is 5.86. The summed E-state index contributed by atoms with van der Waals surface area (Å²) in [6.07, 6.45) is 0.480. The number of carbonyl (C=O) groups is 2. The van der Waals surface area contributed by atoms with Crippen molar-refractivity contribution in [1.29, 1.82) is 0 Å². The van der Waals surface area contributed by atoms with Crippen molar-refractivity contribution in [3.05, 3.63) is 11.3 Å². The Morgan fingerprint density at radius 2 is 2.31 bits per heavy atom. The minimum absolute atomic E-state index is 0.0351. The van der Waals surface area contributed by atoms with Crippen molar-refractivity contribution in [2.24, 2.45) is 0 Å². The number of alkyl halides is 1. The SMILES string of the molecule is CC(=O)c1c(C)nsc1N1CC(Br)CC1=O. The quantitative estimate of drug-likeness (QED) is 0.621. The number of amides is 1. The molecule has 0 N–H and O–H groups in total. The van der Waals surface area contributed by atoms with Crippen LogP contribution in [0.3, 0.4) is 0 Å². The van der Waals surface area contributed by atoms with Crippen molar-refractivity contribution in [2.45, 2.75) is 25.1 Å². The molecule has 1 aromatic rings. The standard InChI is InChI=1S/C10H11BrN2O2S/c1-5-9(6(2)14)10(16-12-5)13-4-7(11)3-8(13)15/h7H,3-4H2,1-2H3. The number of aryl methyl sites for hydroxylation is 1. The van der Waals surface area contributed by atoms with Crippen molar-refractivity contribution < 1.29 is 9.59 Å². The van der Waals surface area contributed by atoms with Crippen LogP contribution in [-0.2, 0) is 4.79 Å². The van der Waals surface area contributed by atoms with Gasteiger partial charge in [-0.15, -0.1) is 0 Å². The van der Waals surface area contributed by atoms with Crippen molar-refractivity contribution in [3.63, 3.8) is 0 Å². The fourth-order valence-corrected chi connectivity index (χ4v) is 3.35. The molecule has 1 unspecified atom stereocenters. The van der Waals surface area contributed by atoms with Gasteiger partial charge >= 0.3 is 0 Å². The maximum atomic E-state index is 11.7. The van der Waals surface area contributed by atoms with E-state index in [2.05, 4.69) is 20.3 Å². The number of anilines is 1. The van der Waals surface area contributed by atoms with Gasteiger partial charge in [0.1, 0.15) is 5.00 Å². The molecule has 1 aliphatic rings. The number of hydrogen-bond donors (Lipinski definition) is 0. The van der Waals surface area contributed by atoms with Crippen molar-refractivity contribution >= 4 is 44.2 Å².